The monoisotopic (exact) mass is 761 g/mol. The van der Waals surface area contributed by atoms with Gasteiger partial charge in [-0.05, 0) is 217 Å². The van der Waals surface area contributed by atoms with Gasteiger partial charge in [-0.15, -0.1) is 0 Å². The molecular formula is C54H80O2. The minimum atomic E-state index is 0.238. The molecule has 0 saturated heterocycles. The van der Waals surface area contributed by atoms with E-state index in [1.165, 1.54) is 99.3 Å². The molecule has 2 nitrogen and oxygen atoms in total. The normalized spacial score (nSPS) is 41.8. The van der Waals surface area contributed by atoms with Crippen LogP contribution in [0.2, 0.25) is 0 Å². The van der Waals surface area contributed by atoms with Gasteiger partial charge < -0.3 is 0 Å². The number of hydrogen-bond acceptors (Lipinski definition) is 2. The van der Waals surface area contributed by atoms with Gasteiger partial charge in [-0.1, -0.05) is 94.2 Å². The molecule has 0 bridgehead atoms. The zero-order chi connectivity index (χ0) is 40.2. The fourth-order valence-electron chi connectivity index (χ4n) is 15.5. The van der Waals surface area contributed by atoms with Crippen LogP contribution in [-0.4, -0.2) is 11.6 Å². The van der Waals surface area contributed by atoms with E-state index in [1.54, 1.807) is 5.57 Å². The predicted molar refractivity (Wildman–Crippen MR) is 236 cm³/mol. The summed E-state index contributed by atoms with van der Waals surface area (Å²) in [7, 11) is 0. The predicted octanol–water partition coefficient (Wildman–Crippen LogP) is 14.7. The number of rotatable bonds is 8. The Bertz CT molecular complexity index is 1700. The molecule has 56 heavy (non-hydrogen) atoms. The Morgan fingerprint density at radius 1 is 0.679 bits per heavy atom. The summed E-state index contributed by atoms with van der Waals surface area (Å²) in [6.07, 6.45) is 37.2. The van der Waals surface area contributed by atoms with Crippen LogP contribution in [0.5, 0.6) is 0 Å². The van der Waals surface area contributed by atoms with Gasteiger partial charge in [0.15, 0.2) is 11.6 Å². The lowest BCUT2D eigenvalue weighted by molar-refractivity contribution is -0.117. The van der Waals surface area contributed by atoms with Crippen LogP contribution < -0.4 is 0 Å². The first-order chi connectivity index (χ1) is 26.5. The van der Waals surface area contributed by atoms with Crippen molar-refractivity contribution < 1.29 is 9.59 Å². The second kappa shape index (κ2) is 16.1. The molecule has 308 valence electrons. The van der Waals surface area contributed by atoms with Crippen molar-refractivity contribution >= 4 is 11.6 Å². The summed E-state index contributed by atoms with van der Waals surface area (Å²) in [4.78, 5) is 24.0. The Labute approximate surface area is 343 Å². The molecule has 0 aromatic carbocycles. The Morgan fingerprint density at radius 3 is 1.93 bits per heavy atom. The Morgan fingerprint density at radius 2 is 1.27 bits per heavy atom. The third-order valence-corrected chi connectivity index (χ3v) is 18.8. The summed E-state index contributed by atoms with van der Waals surface area (Å²) in [5.74, 6) is 7.90. The zero-order valence-electron chi connectivity index (χ0n) is 37.6. The molecule has 2 heteroatoms. The SMILES string of the molecule is CC(C)=CCC[C@@H](C)[C@H]1CC[C@H]2C3=CCC4=CC(=O)CC[C@]4(C)[C@H]3CC[C@]12C.CC(C)=CCC[C@@H](C)[C@H]1CC[C@H]2[C@@H]3C=CC4=CC(=O)CC[C@]4(C)[C@H]3CC[C@]12C. The van der Waals surface area contributed by atoms with Gasteiger partial charge in [0, 0.05) is 12.8 Å². The van der Waals surface area contributed by atoms with Crippen LogP contribution in [0.15, 0.2) is 70.4 Å². The summed E-state index contributed by atoms with van der Waals surface area (Å²) < 4.78 is 0. The molecule has 8 aliphatic carbocycles. The molecule has 0 heterocycles. The molecule has 0 N–H and O–H groups in total. The largest absolute Gasteiger partial charge is 0.295 e. The third kappa shape index (κ3) is 7.46. The van der Waals surface area contributed by atoms with Crippen LogP contribution in [-0.2, 0) is 9.59 Å². The number of fused-ring (bicyclic) bond motifs is 10. The lowest BCUT2D eigenvalue weighted by Crippen LogP contribution is -2.49. The van der Waals surface area contributed by atoms with Crippen LogP contribution in [0.4, 0.5) is 0 Å². The van der Waals surface area contributed by atoms with Crippen LogP contribution in [0.3, 0.4) is 0 Å². The van der Waals surface area contributed by atoms with Gasteiger partial charge in [-0.3, -0.25) is 9.59 Å². The van der Waals surface area contributed by atoms with Crippen LogP contribution in [0.1, 0.15) is 178 Å². The molecule has 13 atom stereocenters. The van der Waals surface area contributed by atoms with E-state index in [-0.39, 0.29) is 10.8 Å². The topological polar surface area (TPSA) is 34.1 Å². The van der Waals surface area contributed by atoms with E-state index in [0.717, 1.165) is 79.4 Å². The van der Waals surface area contributed by atoms with E-state index in [2.05, 4.69) is 99.6 Å². The second-order valence-electron chi connectivity index (χ2n) is 22.3. The zero-order valence-corrected chi connectivity index (χ0v) is 37.6. The quantitative estimate of drug-likeness (QED) is 0.231. The summed E-state index contributed by atoms with van der Waals surface area (Å²) in [6, 6.07) is 0. The van der Waals surface area contributed by atoms with E-state index in [4.69, 9.17) is 0 Å². The average Bonchev–Trinajstić information content (AvgIpc) is 3.69. The van der Waals surface area contributed by atoms with Gasteiger partial charge in [-0.25, -0.2) is 0 Å². The molecule has 8 rings (SSSR count). The molecule has 8 aliphatic rings. The maximum absolute atomic E-state index is 12.0. The molecule has 0 radical (unpaired) electrons. The average molecular weight is 761 g/mol. The van der Waals surface area contributed by atoms with Gasteiger partial charge in [0.1, 0.15) is 0 Å². The van der Waals surface area contributed by atoms with Crippen LogP contribution >= 0.6 is 0 Å². The van der Waals surface area contributed by atoms with Crippen molar-refractivity contribution in [1.82, 2.24) is 0 Å². The Balaban J connectivity index is 0.000000172. The molecule has 0 aliphatic heterocycles. The fourth-order valence-corrected chi connectivity index (χ4v) is 15.5. The maximum atomic E-state index is 12.0. The third-order valence-electron chi connectivity index (χ3n) is 18.8. The van der Waals surface area contributed by atoms with Crippen molar-refractivity contribution in [2.45, 2.75) is 178 Å². The number of ketones is 2. The van der Waals surface area contributed by atoms with Gasteiger partial charge in [0.2, 0.25) is 0 Å². The van der Waals surface area contributed by atoms with E-state index >= 15 is 0 Å². The van der Waals surface area contributed by atoms with E-state index in [1.807, 2.05) is 12.2 Å². The maximum Gasteiger partial charge on any atom is 0.156 e. The molecule has 4 fully saturated rings. The number of carbonyl (C=O) groups excluding carboxylic acids is 2. The molecule has 0 spiro atoms. The molecule has 0 unspecified atom stereocenters. The van der Waals surface area contributed by atoms with E-state index in [0.29, 0.717) is 28.3 Å². The van der Waals surface area contributed by atoms with Gasteiger partial charge in [-0.2, -0.15) is 0 Å². The molecule has 0 amide bonds. The fraction of sp³-hybridized carbons (Fsp3) is 0.741. The first-order valence-electron chi connectivity index (χ1n) is 23.6. The van der Waals surface area contributed by atoms with Crippen molar-refractivity contribution in [2.75, 3.05) is 0 Å². The molecule has 0 aromatic heterocycles. The van der Waals surface area contributed by atoms with Gasteiger partial charge in [0.05, 0.1) is 0 Å². The highest BCUT2D eigenvalue weighted by Crippen LogP contribution is 2.68. The summed E-state index contributed by atoms with van der Waals surface area (Å²) >= 11 is 0. The minimum absolute atomic E-state index is 0.238. The highest BCUT2D eigenvalue weighted by atomic mass is 16.1. The lowest BCUT2D eigenvalue weighted by atomic mass is 9.48. The first kappa shape index (κ1) is 41.9. The molecule has 0 aromatic rings. The summed E-state index contributed by atoms with van der Waals surface area (Å²) in [6.45, 7) is 24.1. The summed E-state index contributed by atoms with van der Waals surface area (Å²) in [5.41, 5.74) is 8.98. The van der Waals surface area contributed by atoms with Crippen LogP contribution in [0, 0.1) is 74.9 Å². The van der Waals surface area contributed by atoms with Crippen molar-refractivity contribution in [2.24, 2.45) is 74.9 Å². The first-order valence-corrected chi connectivity index (χ1v) is 23.6. The van der Waals surface area contributed by atoms with E-state index in [9.17, 15) is 9.59 Å². The van der Waals surface area contributed by atoms with Crippen molar-refractivity contribution in [3.8, 4) is 0 Å². The number of hydrogen-bond donors (Lipinski definition) is 0. The standard InChI is InChI=1S/2C27H40O/c2*1-18(2)7-6-8-19(3)23-11-12-24-22-10-9-20-17-21(28)13-15-26(20,4)25(22)14-16-27(23,24)5/h7,10,17,19,23-25H,6,8-9,11-16H2,1-5H3;7,9-10,17,19,22-25H,6,8,11-16H2,1-5H3/t19-,23-,24+,25+,26+,27-;19-,22+,23-,24+,25+,26+,27-/m11/s1. The Kier molecular flexibility index (Phi) is 12.0. The number of carbonyl (C=O) groups is 2. The van der Waals surface area contributed by atoms with E-state index < -0.39 is 0 Å². The van der Waals surface area contributed by atoms with Gasteiger partial charge in [0.25, 0.3) is 0 Å². The van der Waals surface area contributed by atoms with Crippen molar-refractivity contribution in [3.63, 3.8) is 0 Å². The molecular weight excluding hydrogens is 681 g/mol. The highest BCUT2D eigenvalue weighted by Gasteiger charge is 2.59. The summed E-state index contributed by atoms with van der Waals surface area (Å²) in [5, 5.41) is 0. The smallest absolute Gasteiger partial charge is 0.156 e. The van der Waals surface area contributed by atoms with Crippen molar-refractivity contribution in [1.29, 1.82) is 0 Å². The van der Waals surface area contributed by atoms with Crippen LogP contribution in [0.25, 0.3) is 0 Å². The minimum Gasteiger partial charge on any atom is -0.295 e. The number of allylic oxidation sites excluding steroid dienone is 12. The molecule has 4 saturated carbocycles. The lowest BCUT2D eigenvalue weighted by Gasteiger charge is -2.56. The highest BCUT2D eigenvalue weighted by molar-refractivity contribution is 5.92. The van der Waals surface area contributed by atoms with Gasteiger partial charge >= 0.3 is 0 Å². The second-order valence-corrected chi connectivity index (χ2v) is 22.3. The van der Waals surface area contributed by atoms with Crippen molar-refractivity contribution in [3.05, 3.63) is 70.4 Å². The Hall–Kier alpha value is -2.22.